The first-order chi connectivity index (χ1) is 45.1. The van der Waals surface area contributed by atoms with Gasteiger partial charge in [-0.1, -0.05) is 234 Å². The molecule has 1 saturated heterocycles. The van der Waals surface area contributed by atoms with Crippen LogP contribution in [0.4, 0.5) is 0 Å². The van der Waals surface area contributed by atoms with Gasteiger partial charge in [0.1, 0.15) is 36.6 Å². The molecule has 7 N–H and O–H groups in total. The number of unbranched alkanes of at least 4 members (excludes halogenated alkanes) is 30. The van der Waals surface area contributed by atoms with Crippen LogP contribution in [0, 0.1) is 0 Å². The maximum atomic E-state index is 14.7. The van der Waals surface area contributed by atoms with Crippen molar-refractivity contribution in [3.05, 3.63) is 0 Å². The molecule has 0 saturated carbocycles. The van der Waals surface area contributed by atoms with Gasteiger partial charge in [-0.05, 0) is 57.8 Å². The molecule has 1 aliphatic rings. The molecule has 1 aliphatic heterocycles. The molecule has 0 spiro atoms. The number of phosphoric ester groups is 2. The number of aliphatic hydroxyl groups is 1. The van der Waals surface area contributed by atoms with E-state index >= 15 is 0 Å². The van der Waals surface area contributed by atoms with Crippen molar-refractivity contribution in [3.63, 3.8) is 0 Å². The lowest BCUT2D eigenvalue weighted by atomic mass is 9.95. The molecule has 0 aromatic carbocycles. The molecule has 0 aromatic heterocycles. The first kappa shape index (κ1) is 88.9. The van der Waals surface area contributed by atoms with E-state index in [0.29, 0.717) is 51.4 Å². The molecule has 0 radical (unpaired) electrons. The van der Waals surface area contributed by atoms with Crippen LogP contribution in [-0.4, -0.2) is 135 Å². The summed E-state index contributed by atoms with van der Waals surface area (Å²) in [6.07, 6.45) is 23.6. The van der Waals surface area contributed by atoms with Crippen molar-refractivity contribution in [2.45, 2.75) is 385 Å². The maximum absolute atomic E-state index is 14.7. The predicted octanol–water partition coefficient (Wildman–Crippen LogP) is 14.6. The van der Waals surface area contributed by atoms with Crippen molar-refractivity contribution < 1.29 is 100 Å². The molecule has 9 atom stereocenters. The number of amides is 2. The monoisotopic (exact) mass is 1380 g/mol. The van der Waals surface area contributed by atoms with E-state index in [2.05, 4.69) is 31.4 Å². The van der Waals surface area contributed by atoms with Gasteiger partial charge in [0.15, 0.2) is 12.4 Å². The van der Waals surface area contributed by atoms with Gasteiger partial charge >= 0.3 is 39.5 Å². The summed E-state index contributed by atoms with van der Waals surface area (Å²) in [6.45, 7) is 9.85. The van der Waals surface area contributed by atoms with Gasteiger partial charge in [0.2, 0.25) is 11.8 Å². The van der Waals surface area contributed by atoms with E-state index in [1.807, 2.05) is 20.8 Å². The molecule has 1 rings (SSSR count). The third-order valence-electron chi connectivity index (χ3n) is 16.9. The zero-order valence-corrected chi connectivity index (χ0v) is 60.6. The van der Waals surface area contributed by atoms with E-state index in [0.717, 1.165) is 154 Å². The fourth-order valence-electron chi connectivity index (χ4n) is 11.6. The molecule has 94 heavy (non-hydrogen) atoms. The second-order valence-electron chi connectivity index (χ2n) is 25.9. The molecule has 552 valence electrons. The van der Waals surface area contributed by atoms with E-state index in [-0.39, 0.29) is 32.1 Å². The fraction of sp³-hybridized carbons (Fsp3) is 0.913. The Morgan fingerprint density at radius 1 is 0.426 bits per heavy atom. The minimum atomic E-state index is -5.57. The van der Waals surface area contributed by atoms with Gasteiger partial charge in [0.25, 0.3) is 0 Å². The third kappa shape index (κ3) is 48.6. The van der Waals surface area contributed by atoms with Crippen molar-refractivity contribution >= 4 is 51.3 Å². The number of hydrogen-bond donors (Lipinski definition) is 7. The lowest BCUT2D eigenvalue weighted by molar-refractivity contribution is -0.272. The number of esters is 4. The minimum absolute atomic E-state index is 0.0992. The van der Waals surface area contributed by atoms with Gasteiger partial charge in [0, 0.05) is 19.3 Å². The van der Waals surface area contributed by atoms with Crippen LogP contribution in [0.25, 0.3) is 0 Å². The van der Waals surface area contributed by atoms with Crippen LogP contribution in [0.5, 0.6) is 0 Å². The molecule has 0 aliphatic carbocycles. The first-order valence-corrected chi connectivity index (χ1v) is 39.9. The molecule has 1 fully saturated rings. The van der Waals surface area contributed by atoms with E-state index in [4.69, 9.17) is 37.5 Å². The summed E-state index contributed by atoms with van der Waals surface area (Å²) in [5, 5.41) is 16.3. The summed E-state index contributed by atoms with van der Waals surface area (Å²) in [7, 11) is -10.8. The molecule has 1 heterocycles. The zero-order valence-electron chi connectivity index (χ0n) is 58.8. The summed E-state index contributed by atoms with van der Waals surface area (Å²) in [6, 6.07) is -3.21. The van der Waals surface area contributed by atoms with Gasteiger partial charge in [-0.3, -0.25) is 37.8 Å². The lowest BCUT2D eigenvalue weighted by Gasteiger charge is -2.45. The fourth-order valence-corrected chi connectivity index (χ4v) is 12.5. The molecule has 25 heteroatoms. The Labute approximate surface area is 565 Å². The van der Waals surface area contributed by atoms with Crippen LogP contribution < -0.4 is 10.6 Å². The van der Waals surface area contributed by atoms with Crippen molar-refractivity contribution in [2.75, 3.05) is 19.8 Å². The molecule has 0 aromatic rings. The Morgan fingerprint density at radius 3 is 1.14 bits per heavy atom. The first-order valence-electron chi connectivity index (χ1n) is 36.8. The van der Waals surface area contributed by atoms with Gasteiger partial charge in [0.05, 0.1) is 45.1 Å². The lowest BCUT2D eigenvalue weighted by Crippen LogP contribution is -2.66. The number of carbonyl (C=O) groups is 6. The number of ether oxygens (including phenoxy) is 6. The number of hydrogen-bond acceptors (Lipinski definition) is 17. The second kappa shape index (κ2) is 56.8. The highest BCUT2D eigenvalue weighted by atomic mass is 31.2. The number of aliphatic hydroxyl groups excluding tert-OH is 1. The summed E-state index contributed by atoms with van der Waals surface area (Å²) < 4.78 is 71.5. The van der Waals surface area contributed by atoms with Crippen LogP contribution in [0.2, 0.25) is 0 Å². The van der Waals surface area contributed by atoms with Gasteiger partial charge < -0.3 is 63.7 Å². The molecule has 0 bridgehead atoms. The summed E-state index contributed by atoms with van der Waals surface area (Å²) in [5.41, 5.74) is 0. The molecule has 2 amide bonds. The van der Waals surface area contributed by atoms with E-state index < -0.39 is 139 Å². The number of carbonyl (C=O) groups excluding carboxylic acids is 6. The molecule has 0 unspecified atom stereocenters. The van der Waals surface area contributed by atoms with E-state index in [9.17, 15) is 62.6 Å². The number of nitrogens with one attached hydrogen (secondary N) is 2. The van der Waals surface area contributed by atoms with Crippen LogP contribution in [0.15, 0.2) is 0 Å². The van der Waals surface area contributed by atoms with E-state index in [1.165, 1.54) is 38.5 Å². The van der Waals surface area contributed by atoms with Gasteiger partial charge in [-0.2, -0.15) is 0 Å². The zero-order chi connectivity index (χ0) is 69.7. The summed E-state index contributed by atoms with van der Waals surface area (Å²) in [5.74, 6) is -4.08. The predicted molar refractivity (Wildman–Crippen MR) is 362 cm³/mol. The summed E-state index contributed by atoms with van der Waals surface area (Å²) >= 11 is 0. The smallest absolute Gasteiger partial charge is 0.462 e. The van der Waals surface area contributed by atoms with Crippen molar-refractivity contribution in [2.24, 2.45) is 0 Å². The normalized spacial score (nSPS) is 18.0. The Balaban J connectivity index is 3.89. The minimum Gasteiger partial charge on any atom is -0.462 e. The SMILES string of the molecule is CCCCCCCCCCC[C@H](CC(=O)N[C@@H](CO[C@@H]1O[C@H](CO)[C@@H](OP(=O)(O)O)[C@H](OC(=O)C[C@@H](CCCCCCCCCCC)OC(=O)CCCCC)[C@H]1NC(=O)C[C@@H](CCCCCCCCCCC)OC(=O)CCCCC)COP(=O)(O)O)OC(=O)CCCCC. The largest absolute Gasteiger partial charge is 0.470 e. The second-order valence-corrected chi connectivity index (χ2v) is 28.3. The Hall–Kier alpha value is -3.08. The molecule has 23 nitrogen and oxygen atoms in total. The van der Waals surface area contributed by atoms with Crippen molar-refractivity contribution in [1.82, 2.24) is 10.6 Å². The molecular weight excluding hydrogens is 1250 g/mol. The average molecular weight is 1390 g/mol. The third-order valence-corrected chi connectivity index (χ3v) is 17.9. The van der Waals surface area contributed by atoms with Crippen LogP contribution in [-0.2, 0) is 75.4 Å². The quantitative estimate of drug-likeness (QED) is 0.0129. The number of phosphoric acid groups is 2. The number of rotatable bonds is 63. The van der Waals surface area contributed by atoms with Crippen LogP contribution in [0.1, 0.15) is 330 Å². The highest BCUT2D eigenvalue weighted by Crippen LogP contribution is 2.43. The van der Waals surface area contributed by atoms with Crippen LogP contribution >= 0.6 is 15.6 Å². The standard InChI is InChI=1S/C69H130N2O21P2/c1-7-13-19-22-25-28-31-34-40-43-56(87-62(75)46-37-16-10-4)49-60(73)70-55(54-86-93(79,80)81)53-85-69-66(71-61(74)50-57(88-63(76)47-38-17-11-5)44-41-35-32-29-26-23-20-14-8-2)68(67(59(52-72)90-69)92-94(82,83)84)91-65(78)51-58(89-64(77)48-39-18-12-6)45-42-36-33-30-27-24-21-15-9-3/h55-59,66-69,72H,7-54H2,1-6H3,(H,70,73)(H,71,74)(H2,79,80,81)(H2,82,83,84)/t55-,56+,57+,58+,59+,66+,67+,68+,69+/m0/s1. The maximum Gasteiger partial charge on any atom is 0.470 e. The molecular formula is C69H130N2O21P2. The van der Waals surface area contributed by atoms with Gasteiger partial charge in [-0.25, -0.2) is 9.13 Å². The van der Waals surface area contributed by atoms with E-state index in [1.54, 1.807) is 0 Å². The highest BCUT2D eigenvalue weighted by Gasteiger charge is 2.52. The Bertz CT molecular complexity index is 2060. The van der Waals surface area contributed by atoms with Crippen molar-refractivity contribution in [1.29, 1.82) is 0 Å². The topological polar surface area (TPSA) is 336 Å². The average Bonchev–Trinajstić information content (AvgIpc) is 0.783. The Morgan fingerprint density at radius 2 is 0.777 bits per heavy atom. The van der Waals surface area contributed by atoms with Crippen molar-refractivity contribution in [3.8, 4) is 0 Å². The van der Waals surface area contributed by atoms with Gasteiger partial charge in [-0.15, -0.1) is 0 Å². The summed E-state index contributed by atoms with van der Waals surface area (Å²) in [4.78, 5) is 123. The van der Waals surface area contributed by atoms with Crippen LogP contribution in [0.3, 0.4) is 0 Å². The highest BCUT2D eigenvalue weighted by molar-refractivity contribution is 7.46. The Kier molecular flexibility index (Phi) is 53.7.